The van der Waals surface area contributed by atoms with Crippen LogP contribution in [0.2, 0.25) is 5.28 Å². The molecule has 3 aromatic heterocycles. The first-order valence-electron chi connectivity index (χ1n) is 11.3. The van der Waals surface area contributed by atoms with Gasteiger partial charge in [-0.15, -0.1) is 11.3 Å². The number of ketones is 1. The monoisotopic (exact) mass is 506 g/mol. The van der Waals surface area contributed by atoms with Crippen LogP contribution in [0.4, 0.5) is 10.6 Å². The third-order valence-corrected chi connectivity index (χ3v) is 6.78. The molecular weight excluding hydrogens is 480 g/mol. The van der Waals surface area contributed by atoms with Gasteiger partial charge in [-0.1, -0.05) is 18.5 Å². The molecule has 182 valence electrons. The Balaban J connectivity index is 1.33. The smallest absolute Gasteiger partial charge is 0.327 e. The first-order chi connectivity index (χ1) is 16.5. The summed E-state index contributed by atoms with van der Waals surface area (Å²) in [6.07, 6.45) is 3.98. The number of nitrogens with one attached hydrogen (secondary N) is 1. The summed E-state index contributed by atoms with van der Waals surface area (Å²) in [4.78, 5) is 41.3. The molecule has 1 aliphatic heterocycles. The van der Waals surface area contributed by atoms with Crippen LogP contribution in [0.25, 0.3) is 10.8 Å². The number of halogens is 1. The van der Waals surface area contributed by atoms with Gasteiger partial charge in [0.1, 0.15) is 6.73 Å². The topological polar surface area (TPSA) is 117 Å². The lowest BCUT2D eigenvalue weighted by molar-refractivity contribution is 0.0345. The fraction of sp³-hybridized carbons (Fsp3) is 0.500. The molecule has 4 heterocycles. The number of unbranched alkanes of at least 4 members (excludes halogenated alkanes) is 2. The van der Waals surface area contributed by atoms with Crippen LogP contribution in [0.5, 0.6) is 0 Å². The van der Waals surface area contributed by atoms with Crippen LogP contribution in [-0.2, 0) is 17.8 Å². The molecule has 0 fully saturated rings. The maximum Gasteiger partial charge on any atom is 0.327 e. The Morgan fingerprint density at radius 2 is 2.09 bits per heavy atom. The number of nitrogens with zero attached hydrogens (tertiary/aromatic N) is 5. The van der Waals surface area contributed by atoms with Crippen molar-refractivity contribution >= 4 is 40.6 Å². The SMILES string of the molecule is CCCCN1C(=O)N(CCCCc2noc(-c3ccc(C(C)=O)s3)n2)COCc2[nH]c(Cl)nc21. The van der Waals surface area contributed by atoms with E-state index in [0.717, 1.165) is 30.6 Å². The van der Waals surface area contributed by atoms with Crippen molar-refractivity contribution in [3.05, 3.63) is 33.8 Å². The third kappa shape index (κ3) is 5.65. The van der Waals surface area contributed by atoms with E-state index in [0.29, 0.717) is 54.2 Å². The predicted molar refractivity (Wildman–Crippen MR) is 128 cm³/mol. The zero-order chi connectivity index (χ0) is 24.1. The van der Waals surface area contributed by atoms with Gasteiger partial charge >= 0.3 is 6.03 Å². The second kappa shape index (κ2) is 11.1. The molecule has 2 amide bonds. The van der Waals surface area contributed by atoms with Crippen molar-refractivity contribution in [3.63, 3.8) is 0 Å². The van der Waals surface area contributed by atoms with Crippen LogP contribution in [0.3, 0.4) is 0 Å². The molecule has 0 atom stereocenters. The van der Waals surface area contributed by atoms with Gasteiger partial charge in [0.05, 0.1) is 22.1 Å². The molecule has 3 aromatic rings. The van der Waals surface area contributed by atoms with Gasteiger partial charge in [0.25, 0.3) is 5.89 Å². The van der Waals surface area contributed by atoms with E-state index in [-0.39, 0.29) is 23.8 Å². The van der Waals surface area contributed by atoms with E-state index in [1.54, 1.807) is 15.9 Å². The zero-order valence-corrected chi connectivity index (χ0v) is 20.7. The van der Waals surface area contributed by atoms with E-state index >= 15 is 0 Å². The Kier molecular flexibility index (Phi) is 7.96. The Hall–Kier alpha value is -2.76. The number of amides is 2. The number of urea groups is 1. The number of carbonyl (C=O) groups excluding carboxylic acids is 2. The molecule has 0 saturated carbocycles. The minimum absolute atomic E-state index is 0.0126. The molecule has 1 N–H and O–H groups in total. The minimum atomic E-state index is -0.140. The zero-order valence-electron chi connectivity index (χ0n) is 19.2. The number of aryl methyl sites for hydroxylation is 1. The Morgan fingerprint density at radius 1 is 1.24 bits per heavy atom. The van der Waals surface area contributed by atoms with Gasteiger partial charge in [0, 0.05) is 19.5 Å². The number of aromatic nitrogens is 4. The molecule has 4 rings (SSSR count). The fourth-order valence-corrected chi connectivity index (χ4v) is 4.65. The van der Waals surface area contributed by atoms with E-state index in [9.17, 15) is 9.59 Å². The fourth-order valence-electron chi connectivity index (χ4n) is 3.63. The lowest BCUT2D eigenvalue weighted by atomic mass is 10.2. The number of H-pyrrole nitrogens is 1. The van der Waals surface area contributed by atoms with Crippen LogP contribution in [0.1, 0.15) is 60.7 Å². The molecule has 0 unspecified atom stereocenters. The number of aromatic amines is 1. The summed E-state index contributed by atoms with van der Waals surface area (Å²) in [5.41, 5.74) is 0.711. The molecule has 0 saturated heterocycles. The van der Waals surface area contributed by atoms with Crippen molar-refractivity contribution < 1.29 is 18.8 Å². The quantitative estimate of drug-likeness (QED) is 0.306. The van der Waals surface area contributed by atoms with Crippen LogP contribution in [0, 0.1) is 0 Å². The van der Waals surface area contributed by atoms with Gasteiger partial charge in [-0.05, 0) is 49.9 Å². The number of imidazole rings is 1. The van der Waals surface area contributed by atoms with Crippen LogP contribution in [-0.4, -0.2) is 56.6 Å². The van der Waals surface area contributed by atoms with E-state index < -0.39 is 0 Å². The van der Waals surface area contributed by atoms with Gasteiger partial charge in [0.15, 0.2) is 17.4 Å². The van der Waals surface area contributed by atoms with E-state index in [1.165, 1.54) is 18.3 Å². The highest BCUT2D eigenvalue weighted by molar-refractivity contribution is 7.17. The van der Waals surface area contributed by atoms with Crippen LogP contribution < -0.4 is 4.90 Å². The van der Waals surface area contributed by atoms with Gasteiger partial charge in [-0.3, -0.25) is 9.69 Å². The second-order valence-electron chi connectivity index (χ2n) is 8.05. The van der Waals surface area contributed by atoms with Crippen LogP contribution in [0.15, 0.2) is 16.7 Å². The summed E-state index contributed by atoms with van der Waals surface area (Å²) in [5, 5.41) is 4.29. The normalized spacial score (nSPS) is 14.3. The maximum absolute atomic E-state index is 13.3. The summed E-state index contributed by atoms with van der Waals surface area (Å²) in [5.74, 6) is 1.57. The molecule has 1 aliphatic rings. The highest BCUT2D eigenvalue weighted by Crippen LogP contribution is 2.28. The highest BCUT2D eigenvalue weighted by atomic mass is 35.5. The molecule has 10 nitrogen and oxygen atoms in total. The van der Waals surface area contributed by atoms with E-state index in [4.69, 9.17) is 20.9 Å². The first kappa shape index (κ1) is 24.4. The standard InChI is InChI=1S/C22H27ClN6O4S/c1-3-4-11-29-19-15(24-21(23)26-19)12-32-13-28(22(29)31)10-6-5-7-18-25-20(33-27-18)17-9-8-16(34-17)14(2)30/h8-9H,3-7,10-13H2,1-2H3,(H,24,26). The number of hydrogen-bond donors (Lipinski definition) is 1. The molecule has 0 aromatic carbocycles. The number of hydrogen-bond acceptors (Lipinski definition) is 8. The number of carbonyl (C=O) groups is 2. The van der Waals surface area contributed by atoms with E-state index in [1.807, 2.05) is 6.07 Å². The molecule has 34 heavy (non-hydrogen) atoms. The summed E-state index contributed by atoms with van der Waals surface area (Å²) < 4.78 is 11.1. The second-order valence-corrected chi connectivity index (χ2v) is 9.49. The molecule has 0 radical (unpaired) electrons. The average molecular weight is 507 g/mol. The number of fused-ring (bicyclic) bond motifs is 1. The van der Waals surface area contributed by atoms with Gasteiger partial charge < -0.3 is 19.1 Å². The molecular formula is C22H27ClN6O4S. The summed E-state index contributed by atoms with van der Waals surface area (Å²) >= 11 is 7.39. The minimum Gasteiger partial charge on any atom is -0.355 e. The van der Waals surface area contributed by atoms with Gasteiger partial charge in [-0.2, -0.15) is 9.97 Å². The van der Waals surface area contributed by atoms with Gasteiger partial charge in [-0.25, -0.2) is 4.79 Å². The van der Waals surface area contributed by atoms with Crippen molar-refractivity contribution in [2.24, 2.45) is 0 Å². The van der Waals surface area contributed by atoms with Crippen LogP contribution >= 0.6 is 22.9 Å². The van der Waals surface area contributed by atoms with Crippen molar-refractivity contribution in [2.45, 2.75) is 52.6 Å². The van der Waals surface area contributed by atoms with Gasteiger partial charge in [0.2, 0.25) is 5.28 Å². The Morgan fingerprint density at radius 3 is 2.85 bits per heavy atom. The average Bonchev–Trinajstić information content (AvgIpc) is 3.54. The van der Waals surface area contributed by atoms with Crippen molar-refractivity contribution in [1.82, 2.24) is 25.0 Å². The lowest BCUT2D eigenvalue weighted by Crippen LogP contribution is -2.47. The number of ether oxygens (including phenoxy) is 1. The van der Waals surface area contributed by atoms with E-state index in [2.05, 4.69) is 27.0 Å². The predicted octanol–water partition coefficient (Wildman–Crippen LogP) is 4.92. The van der Waals surface area contributed by atoms with Crippen molar-refractivity contribution in [1.29, 1.82) is 0 Å². The molecule has 0 bridgehead atoms. The number of rotatable bonds is 10. The summed E-state index contributed by atoms with van der Waals surface area (Å²) in [6.45, 7) is 5.22. The summed E-state index contributed by atoms with van der Waals surface area (Å²) in [7, 11) is 0. The maximum atomic E-state index is 13.3. The summed E-state index contributed by atoms with van der Waals surface area (Å²) in [6, 6.07) is 3.44. The molecule has 0 aliphatic carbocycles. The Bertz CT molecular complexity index is 1140. The van der Waals surface area contributed by atoms with Crippen molar-refractivity contribution in [2.75, 3.05) is 24.7 Å². The van der Waals surface area contributed by atoms with Crippen molar-refractivity contribution in [3.8, 4) is 10.8 Å². The number of thiophene rings is 1. The molecule has 0 spiro atoms. The first-order valence-corrected chi connectivity index (χ1v) is 12.5. The largest absolute Gasteiger partial charge is 0.355 e. The molecule has 12 heteroatoms. The number of Topliss-reactive ketones (excluding diaryl/α,β-unsaturated/α-hetero) is 1. The third-order valence-electron chi connectivity index (χ3n) is 5.42. The highest BCUT2D eigenvalue weighted by Gasteiger charge is 2.29. The number of anilines is 1. The Labute approximate surface area is 206 Å². The lowest BCUT2D eigenvalue weighted by Gasteiger charge is -2.32.